The van der Waals surface area contributed by atoms with Gasteiger partial charge in [0, 0.05) is 84.1 Å². The first-order valence-corrected chi connectivity index (χ1v) is 23.7. The topological polar surface area (TPSA) is 194 Å². The van der Waals surface area contributed by atoms with Gasteiger partial charge in [0.1, 0.15) is 11.3 Å². The molecule has 2 bridgehead atoms. The number of ether oxygens (including phenoxy) is 2. The number of esters is 1. The minimum atomic E-state index is -1.24. The number of nitrogens with one attached hydrogen (secondary N) is 2. The normalized spacial score (nSPS) is 33.4. The van der Waals surface area contributed by atoms with Crippen LogP contribution in [0, 0.1) is 23.7 Å². The number of rotatable bonds is 8. The van der Waals surface area contributed by atoms with E-state index in [1.165, 1.54) is 0 Å². The molecule has 5 heterocycles. The zero-order valence-corrected chi connectivity index (χ0v) is 36.5. The van der Waals surface area contributed by atoms with Crippen molar-refractivity contribution in [3.05, 3.63) is 98.2 Å². The molecule has 3 aliphatic carbocycles. The van der Waals surface area contributed by atoms with E-state index in [1.54, 1.807) is 59.7 Å². The number of amides is 1. The van der Waals surface area contributed by atoms with Crippen LogP contribution in [0.1, 0.15) is 57.6 Å². The van der Waals surface area contributed by atoms with Crippen LogP contribution in [0.3, 0.4) is 0 Å². The minimum Gasteiger partial charge on any atom is -0.481 e. The molecule has 1 amide bonds. The van der Waals surface area contributed by atoms with Crippen molar-refractivity contribution in [3.63, 3.8) is 0 Å². The molecule has 1 aromatic heterocycles. The number of carbonyl (C=O) groups excluding carboxylic acids is 3. The maximum absolute atomic E-state index is 14.9. The van der Waals surface area contributed by atoms with E-state index >= 15 is 0 Å². The van der Waals surface area contributed by atoms with Gasteiger partial charge in [-0.25, -0.2) is 9.59 Å². The van der Waals surface area contributed by atoms with Crippen LogP contribution in [-0.4, -0.2) is 99.9 Å². The van der Waals surface area contributed by atoms with Gasteiger partial charge in [-0.15, -0.1) is 0 Å². The highest BCUT2D eigenvalue weighted by Gasteiger charge is 2.65. The van der Waals surface area contributed by atoms with Crippen molar-refractivity contribution in [2.24, 2.45) is 29.4 Å². The molecule has 1 aromatic carbocycles. The Bertz CT molecular complexity index is 2410. The number of ketones is 1. The summed E-state index contributed by atoms with van der Waals surface area (Å²) in [6.45, 7) is 5.49. The number of nitrogens with two attached hydrogens (primary N) is 1. The summed E-state index contributed by atoms with van der Waals surface area (Å²) >= 11 is 0. The van der Waals surface area contributed by atoms with E-state index in [2.05, 4.69) is 16.7 Å². The van der Waals surface area contributed by atoms with Crippen LogP contribution >= 0.6 is 21.6 Å². The molecule has 61 heavy (non-hydrogen) atoms. The predicted octanol–water partition coefficient (Wildman–Crippen LogP) is 4.01. The number of dihydropyridines is 1. The smallest absolute Gasteiger partial charge is 0.339 e. The summed E-state index contributed by atoms with van der Waals surface area (Å²) < 4.78 is 19.8. The van der Waals surface area contributed by atoms with Crippen LogP contribution in [0.15, 0.2) is 85.9 Å². The molecule has 0 unspecified atom stereocenters. The van der Waals surface area contributed by atoms with Crippen molar-refractivity contribution in [2.45, 2.75) is 93.9 Å². The second-order valence-electron chi connectivity index (χ2n) is 17.9. The lowest BCUT2D eigenvalue weighted by molar-refractivity contribution is -0.186. The van der Waals surface area contributed by atoms with Gasteiger partial charge in [-0.05, 0) is 94.0 Å². The molecule has 1 spiro atoms. The summed E-state index contributed by atoms with van der Waals surface area (Å²) in [5.74, 6) is 0.319. The average Bonchev–Trinajstić information content (AvgIpc) is 3.60. The first-order valence-electron chi connectivity index (χ1n) is 21.3. The van der Waals surface area contributed by atoms with Gasteiger partial charge in [0.05, 0.1) is 30.2 Å². The minimum absolute atomic E-state index is 0.0110. The molecule has 9 rings (SSSR count). The van der Waals surface area contributed by atoms with Crippen LogP contribution in [0.4, 0.5) is 0 Å². The third kappa shape index (κ3) is 6.89. The molecule has 15 heteroatoms. The number of benzene rings is 1. The first-order chi connectivity index (χ1) is 29.3. The molecule has 0 radical (unpaired) electrons. The lowest BCUT2D eigenvalue weighted by Gasteiger charge is -2.62. The second kappa shape index (κ2) is 16.1. The summed E-state index contributed by atoms with van der Waals surface area (Å²) in [5.41, 5.74) is 8.43. The van der Waals surface area contributed by atoms with Crippen molar-refractivity contribution in [2.75, 3.05) is 32.6 Å². The lowest BCUT2D eigenvalue weighted by Crippen LogP contribution is -2.75. The van der Waals surface area contributed by atoms with E-state index < -0.39 is 28.7 Å². The zero-order valence-electron chi connectivity index (χ0n) is 34.9. The van der Waals surface area contributed by atoms with Crippen LogP contribution < -0.4 is 26.7 Å². The molecule has 1 saturated carbocycles. The summed E-state index contributed by atoms with van der Waals surface area (Å²) in [5, 5.41) is 26.9. The van der Waals surface area contributed by atoms with E-state index in [0.29, 0.717) is 71.7 Å². The molecular weight excluding hydrogens is 817 g/mol. The standard InChI is InChI=1S/C46H54N4O9S2/c1-5-23(2)43(55)59-45(3)10-8-25-22-60-61-36-16-31-33(53)7-6-32-39(41(31)48-4)42(36)50(32)38(54)15-29-20-49-37(47)17-30(29)40(25)46(45)19-28-14-26-13-27(12-24(21-52)9-11-51)44(56)57-34(26)18-35(28)58-46/h5-8,13-14,17-18,24,31-32,36,39-42,48-49,51-52H,9-12,15-16,19-22,47H2,1-4H3/b23-5+/t24-,31-,32+,36+,39+,40-,41+,42-,45-,46-/m1/s1. The molecule has 2 aromatic rings. The van der Waals surface area contributed by atoms with Gasteiger partial charge in [0.25, 0.3) is 0 Å². The number of nitrogens with zero attached hydrogens (tertiary/aromatic N) is 1. The average molecular weight is 871 g/mol. The lowest BCUT2D eigenvalue weighted by atomic mass is 9.61. The molecule has 13 nitrogen and oxygen atoms in total. The van der Waals surface area contributed by atoms with Gasteiger partial charge < -0.3 is 45.4 Å². The molecule has 10 atom stereocenters. The van der Waals surface area contributed by atoms with Crippen molar-refractivity contribution in [1.29, 1.82) is 0 Å². The fourth-order valence-electron chi connectivity index (χ4n) is 11.2. The third-order valence-corrected chi connectivity index (χ3v) is 17.3. The quantitative estimate of drug-likeness (QED) is 0.0840. The Labute approximate surface area is 362 Å². The SMILES string of the molecule is C/C=C(\C)C(=O)O[C@]1(C)CC=C2CSS[C@H]3C[C@@H]4C(=O)C=C[C@H]5[C@@H]([C@H]4NC)[C@@H]3N5C(=O)CC3=C(C=C(N)NC3)[C@@H]2[C@]12Cc1cc3cc(C[C@H](CO)CCO)c(=O)oc3cc1O2. The van der Waals surface area contributed by atoms with E-state index in [0.717, 1.165) is 22.3 Å². The summed E-state index contributed by atoms with van der Waals surface area (Å²) in [4.78, 5) is 57.5. The molecule has 1 saturated heterocycles. The Morgan fingerprint density at radius 2 is 2.05 bits per heavy atom. The molecule has 4 aliphatic heterocycles. The van der Waals surface area contributed by atoms with Crippen LogP contribution in [0.2, 0.25) is 0 Å². The molecule has 2 fully saturated rings. The van der Waals surface area contributed by atoms with Gasteiger partial charge in [0.15, 0.2) is 17.0 Å². The zero-order chi connectivity index (χ0) is 43.0. The Morgan fingerprint density at radius 3 is 2.80 bits per heavy atom. The number of allylic oxidation sites excluding steroid dienone is 3. The second-order valence-corrected chi connectivity index (χ2v) is 20.5. The highest BCUT2D eigenvalue weighted by Crippen LogP contribution is 2.59. The summed E-state index contributed by atoms with van der Waals surface area (Å²) in [6.07, 6.45) is 11.5. The Hall–Kier alpha value is -4.28. The van der Waals surface area contributed by atoms with Crippen LogP contribution in [0.25, 0.3) is 11.0 Å². The van der Waals surface area contributed by atoms with Gasteiger partial charge in [-0.3, -0.25) is 9.59 Å². The highest BCUT2D eigenvalue weighted by molar-refractivity contribution is 8.77. The maximum Gasteiger partial charge on any atom is 0.339 e. The van der Waals surface area contributed by atoms with Crippen molar-refractivity contribution in [1.82, 2.24) is 15.5 Å². The Morgan fingerprint density at radius 1 is 1.23 bits per heavy atom. The van der Waals surface area contributed by atoms with Crippen molar-refractivity contribution in [3.8, 4) is 5.75 Å². The van der Waals surface area contributed by atoms with Crippen LogP contribution in [-0.2, 0) is 32.0 Å². The molecular formula is C46H54N4O9S2. The highest BCUT2D eigenvalue weighted by atomic mass is 33.1. The number of aliphatic hydroxyl groups is 2. The number of hydrogen-bond donors (Lipinski definition) is 5. The Balaban J connectivity index is 1.18. The number of hydrogen-bond acceptors (Lipinski definition) is 14. The van der Waals surface area contributed by atoms with Gasteiger partial charge in [-0.2, -0.15) is 0 Å². The van der Waals surface area contributed by atoms with Gasteiger partial charge in [0.2, 0.25) is 5.91 Å². The third-order valence-electron chi connectivity index (χ3n) is 14.5. The monoisotopic (exact) mass is 870 g/mol. The van der Waals surface area contributed by atoms with E-state index in [9.17, 15) is 29.4 Å². The van der Waals surface area contributed by atoms with Crippen molar-refractivity contribution < 1.29 is 38.5 Å². The molecule has 6 N–H and O–H groups in total. The Kier molecular flexibility index (Phi) is 11.1. The van der Waals surface area contributed by atoms with E-state index in [-0.39, 0.29) is 78.9 Å². The fraction of sp³-hybridized carbons (Fsp3) is 0.522. The fourth-order valence-corrected chi connectivity index (χ4v) is 14.3. The first kappa shape index (κ1) is 42.0. The molecule has 7 aliphatic rings. The molecule has 324 valence electrons. The number of fused-ring (bicyclic) bond motifs is 7. The van der Waals surface area contributed by atoms with E-state index in [4.69, 9.17) is 19.6 Å². The number of carbonyl (C=O) groups is 3. The van der Waals surface area contributed by atoms with Gasteiger partial charge >= 0.3 is 11.6 Å². The largest absolute Gasteiger partial charge is 0.481 e. The van der Waals surface area contributed by atoms with Crippen LogP contribution in [0.5, 0.6) is 5.75 Å². The summed E-state index contributed by atoms with van der Waals surface area (Å²) in [6, 6.07) is 5.26. The van der Waals surface area contributed by atoms with Gasteiger partial charge in [-0.1, -0.05) is 45.4 Å². The maximum atomic E-state index is 14.9. The summed E-state index contributed by atoms with van der Waals surface area (Å²) in [7, 11) is 5.40. The van der Waals surface area contributed by atoms with E-state index in [1.807, 2.05) is 37.1 Å². The van der Waals surface area contributed by atoms with Crippen molar-refractivity contribution >= 4 is 50.2 Å². The predicted molar refractivity (Wildman–Crippen MR) is 234 cm³/mol. The number of aliphatic hydroxyl groups excluding tert-OH is 2.